The minimum absolute atomic E-state index is 0.00703. The molecule has 4 aromatic heterocycles. The lowest BCUT2D eigenvalue weighted by Gasteiger charge is -2.40. The van der Waals surface area contributed by atoms with Gasteiger partial charge in [-0.25, -0.2) is 23.1 Å². The van der Waals surface area contributed by atoms with Crippen molar-refractivity contribution < 1.29 is 28.0 Å². The van der Waals surface area contributed by atoms with E-state index in [0.717, 1.165) is 69.4 Å². The number of imide groups is 1. The number of alkyl halides is 2. The van der Waals surface area contributed by atoms with Crippen LogP contribution in [0, 0.1) is 5.92 Å². The van der Waals surface area contributed by atoms with Crippen molar-refractivity contribution >= 4 is 51.7 Å². The second kappa shape index (κ2) is 15.2. The summed E-state index contributed by atoms with van der Waals surface area (Å²) in [7, 11) is 3.88. The van der Waals surface area contributed by atoms with Crippen molar-refractivity contribution in [3.8, 4) is 0 Å². The van der Waals surface area contributed by atoms with Crippen LogP contribution in [0.4, 0.5) is 20.2 Å². The number of primary amides is 1. The monoisotopic (exact) mass is 786 g/mol. The van der Waals surface area contributed by atoms with Crippen molar-refractivity contribution in [3.63, 3.8) is 0 Å². The number of carbonyl (C=O) groups excluding carboxylic acids is 4. The molecule has 1 saturated carbocycles. The normalized spacial score (nSPS) is 20.9. The Morgan fingerprint density at radius 1 is 1.05 bits per heavy atom. The number of halogens is 2. The predicted octanol–water partition coefficient (Wildman–Crippen LogP) is 3.18. The zero-order valence-corrected chi connectivity index (χ0v) is 31.6. The zero-order valence-electron chi connectivity index (χ0n) is 31.6. The summed E-state index contributed by atoms with van der Waals surface area (Å²) in [6, 6.07) is 6.67. The number of anilines is 2. The zero-order chi connectivity index (χ0) is 40.1. The smallest absolute Gasteiger partial charge is 0.329 e. The molecule has 4 amide bonds. The van der Waals surface area contributed by atoms with Gasteiger partial charge in [-0.05, 0) is 76.1 Å². The Balaban J connectivity index is 0.870. The highest BCUT2D eigenvalue weighted by Gasteiger charge is 2.34. The van der Waals surface area contributed by atoms with Gasteiger partial charge in [-0.15, -0.1) is 0 Å². The lowest BCUT2D eigenvalue weighted by Crippen LogP contribution is -2.45. The Kier molecular flexibility index (Phi) is 10.1. The van der Waals surface area contributed by atoms with Crippen LogP contribution in [-0.4, -0.2) is 94.8 Å². The number of benzene rings is 1. The van der Waals surface area contributed by atoms with Crippen molar-refractivity contribution in [3.05, 3.63) is 70.3 Å². The van der Waals surface area contributed by atoms with Gasteiger partial charge in [0.1, 0.15) is 17.3 Å². The number of rotatable bonds is 10. The number of nitrogens with zero attached hydrogens (tertiary/aromatic N) is 9. The van der Waals surface area contributed by atoms with Gasteiger partial charge in [0, 0.05) is 51.5 Å². The fraction of sp³-hybridized carbons (Fsp3) is 0.474. The average molecular weight is 787 g/mol. The third kappa shape index (κ3) is 7.15. The number of aryl methyl sites for hydroxylation is 1. The van der Waals surface area contributed by atoms with E-state index in [1.165, 1.54) is 33.7 Å². The molecule has 1 aromatic carbocycles. The van der Waals surface area contributed by atoms with Gasteiger partial charge < -0.3 is 20.9 Å². The maximum absolute atomic E-state index is 14.1. The standard InChI is InChI=1S/C38H44F2N12O5/c1-47(22-12-15-49(16-13-22)27-4-3-5-28-32(27)48(2)38(57)52(28)29-10-11-30(53)45-37(29)56)19-21-6-8-23(9-7-21)51-20-26(31(46-51)33(39)40)44-36(55)24-18-42-50-17-14-25(34(41)54)43-35(24)50/h3-5,14,17-18,20-23,29,33H,6-13,15-16,19H2,1-2H3,(H2,41,54)(H,44,55)(H,45,53,56)/t21-,23-,29?. The molecule has 4 N–H and O–H groups in total. The van der Waals surface area contributed by atoms with E-state index >= 15 is 0 Å². The number of imidazole rings is 1. The topological polar surface area (TPSA) is 200 Å². The maximum atomic E-state index is 14.1. The number of amides is 4. The molecule has 3 aliphatic rings. The van der Waals surface area contributed by atoms with Crippen LogP contribution in [0.2, 0.25) is 0 Å². The fourth-order valence-electron chi connectivity index (χ4n) is 8.80. The highest BCUT2D eigenvalue weighted by atomic mass is 19.3. The summed E-state index contributed by atoms with van der Waals surface area (Å²) in [5.41, 5.74) is 6.81. The largest absolute Gasteiger partial charge is 0.370 e. The first kappa shape index (κ1) is 37.9. The van der Waals surface area contributed by atoms with Crippen LogP contribution in [0.5, 0.6) is 0 Å². The van der Waals surface area contributed by atoms with Crippen molar-refractivity contribution in [2.24, 2.45) is 18.7 Å². The van der Waals surface area contributed by atoms with Gasteiger partial charge in [-0.2, -0.15) is 10.2 Å². The van der Waals surface area contributed by atoms with Crippen molar-refractivity contribution in [1.29, 1.82) is 0 Å². The molecule has 1 aliphatic carbocycles. The molecule has 2 aliphatic heterocycles. The molecule has 0 spiro atoms. The molecule has 0 bridgehead atoms. The van der Waals surface area contributed by atoms with E-state index in [2.05, 4.69) is 42.7 Å². The molecule has 3 fully saturated rings. The van der Waals surface area contributed by atoms with Crippen molar-refractivity contribution in [2.75, 3.05) is 36.9 Å². The van der Waals surface area contributed by atoms with E-state index in [1.54, 1.807) is 16.3 Å². The number of piperidine rings is 2. The minimum Gasteiger partial charge on any atom is -0.370 e. The first-order valence-electron chi connectivity index (χ1n) is 19.2. The Morgan fingerprint density at radius 2 is 1.81 bits per heavy atom. The summed E-state index contributed by atoms with van der Waals surface area (Å²) in [6.45, 7) is 2.50. The van der Waals surface area contributed by atoms with Crippen LogP contribution in [0.15, 0.2) is 47.7 Å². The lowest BCUT2D eigenvalue weighted by atomic mass is 9.85. The second-order valence-corrected chi connectivity index (χ2v) is 15.3. The number of para-hydroxylation sites is 1. The van der Waals surface area contributed by atoms with Gasteiger partial charge in [0.2, 0.25) is 11.8 Å². The molecule has 6 heterocycles. The predicted molar refractivity (Wildman–Crippen MR) is 204 cm³/mol. The van der Waals surface area contributed by atoms with Gasteiger partial charge in [0.25, 0.3) is 18.2 Å². The molecular weight excluding hydrogens is 742 g/mol. The van der Waals surface area contributed by atoms with E-state index in [-0.39, 0.29) is 53.1 Å². The SMILES string of the molecule is CN(C[C@H]1CC[C@H](n2cc(NC(=O)c3cnn4ccc(C(N)=O)nc34)c(C(F)F)n2)CC1)C1CCN(c2cccc3c2n(C)c(=O)n3C2CCC(=O)NC2=O)CC1. The quantitative estimate of drug-likeness (QED) is 0.177. The minimum atomic E-state index is -2.92. The number of hydrogen-bond donors (Lipinski definition) is 3. The number of hydrogen-bond acceptors (Lipinski definition) is 10. The third-order valence-corrected chi connectivity index (χ3v) is 11.8. The molecule has 8 rings (SSSR count). The van der Waals surface area contributed by atoms with E-state index in [1.807, 2.05) is 18.2 Å². The Morgan fingerprint density at radius 3 is 2.51 bits per heavy atom. The molecule has 19 heteroatoms. The third-order valence-electron chi connectivity index (χ3n) is 11.8. The van der Waals surface area contributed by atoms with Crippen LogP contribution >= 0.6 is 0 Å². The number of carbonyl (C=O) groups is 4. The number of aromatic nitrogens is 7. The summed E-state index contributed by atoms with van der Waals surface area (Å²) in [5, 5.41) is 13.2. The van der Waals surface area contributed by atoms with E-state index in [4.69, 9.17) is 5.73 Å². The van der Waals surface area contributed by atoms with Crippen molar-refractivity contribution in [1.82, 2.24) is 43.7 Å². The summed E-state index contributed by atoms with van der Waals surface area (Å²) >= 11 is 0. The summed E-state index contributed by atoms with van der Waals surface area (Å²) in [4.78, 5) is 71.6. The van der Waals surface area contributed by atoms with Gasteiger partial charge in [0.05, 0.1) is 34.6 Å². The molecule has 17 nitrogen and oxygen atoms in total. The summed E-state index contributed by atoms with van der Waals surface area (Å²) < 4.78 is 34.2. The van der Waals surface area contributed by atoms with E-state index < -0.39 is 35.9 Å². The summed E-state index contributed by atoms with van der Waals surface area (Å²) in [6.07, 6.45) is 6.85. The molecule has 1 unspecified atom stereocenters. The van der Waals surface area contributed by atoms with E-state index in [0.29, 0.717) is 17.5 Å². The van der Waals surface area contributed by atoms with Crippen LogP contribution in [-0.2, 0) is 16.6 Å². The van der Waals surface area contributed by atoms with Crippen molar-refractivity contribution in [2.45, 2.75) is 75.9 Å². The van der Waals surface area contributed by atoms with Crippen LogP contribution < -0.4 is 27.0 Å². The van der Waals surface area contributed by atoms with Gasteiger partial charge in [-0.1, -0.05) is 6.07 Å². The fourth-order valence-corrected chi connectivity index (χ4v) is 8.80. The number of nitrogens with one attached hydrogen (secondary N) is 2. The van der Waals surface area contributed by atoms with Crippen LogP contribution in [0.25, 0.3) is 16.7 Å². The Hall–Kier alpha value is -5.98. The first-order valence-corrected chi connectivity index (χ1v) is 19.2. The maximum Gasteiger partial charge on any atom is 0.329 e. The molecule has 5 aromatic rings. The molecule has 0 radical (unpaired) electrons. The second-order valence-electron chi connectivity index (χ2n) is 15.3. The summed E-state index contributed by atoms with van der Waals surface area (Å²) in [5.74, 6) is -1.85. The highest BCUT2D eigenvalue weighted by molar-refractivity contribution is 6.08. The van der Waals surface area contributed by atoms with E-state index in [9.17, 15) is 32.8 Å². The molecule has 57 heavy (non-hydrogen) atoms. The lowest BCUT2D eigenvalue weighted by molar-refractivity contribution is -0.135. The van der Waals surface area contributed by atoms with Crippen LogP contribution in [0.3, 0.4) is 0 Å². The molecule has 1 atom stereocenters. The van der Waals surface area contributed by atoms with Crippen LogP contribution in [0.1, 0.15) is 96.4 Å². The Bertz CT molecular complexity index is 2440. The average Bonchev–Trinajstić information content (AvgIpc) is 3.89. The highest BCUT2D eigenvalue weighted by Crippen LogP contribution is 2.37. The number of fused-ring (bicyclic) bond motifs is 2. The van der Waals surface area contributed by atoms with Gasteiger partial charge in [0.15, 0.2) is 11.3 Å². The first-order chi connectivity index (χ1) is 27.4. The molecule has 300 valence electrons. The Labute approximate surface area is 324 Å². The number of nitrogens with two attached hydrogens (primary N) is 1. The molecular formula is C38H44F2N12O5. The molecule has 2 saturated heterocycles. The van der Waals surface area contributed by atoms with Gasteiger partial charge >= 0.3 is 5.69 Å². The van der Waals surface area contributed by atoms with Gasteiger partial charge in [-0.3, -0.25) is 38.3 Å².